The zero-order valence-electron chi connectivity index (χ0n) is 12.9. The lowest BCUT2D eigenvalue weighted by Crippen LogP contribution is -2.49. The second-order valence-electron chi connectivity index (χ2n) is 6.65. The summed E-state index contributed by atoms with van der Waals surface area (Å²) in [5.41, 5.74) is 0.871. The maximum atomic E-state index is 12.7. The van der Waals surface area contributed by atoms with Gasteiger partial charge < -0.3 is 10.6 Å². The molecule has 0 aromatic carbocycles. The number of hydrogen-bond donors (Lipinski definition) is 2. The van der Waals surface area contributed by atoms with Crippen LogP contribution < -0.4 is 10.6 Å². The molecule has 1 aromatic heterocycles. The molecule has 3 rings (SSSR count). The molecular formula is C16H25N3OS. The Balaban J connectivity index is 1.75. The SMILES string of the molecule is Cc1csc(C2(NC(=O)[C@H]3CCN[C@@H](C)C3)CCCC2)n1. The van der Waals surface area contributed by atoms with Crippen LogP contribution in [0, 0.1) is 12.8 Å². The quantitative estimate of drug-likeness (QED) is 0.903. The predicted octanol–water partition coefficient (Wildman–Crippen LogP) is 2.73. The maximum absolute atomic E-state index is 12.7. The largest absolute Gasteiger partial charge is 0.344 e. The number of rotatable bonds is 3. The van der Waals surface area contributed by atoms with E-state index in [0.717, 1.165) is 42.9 Å². The molecule has 21 heavy (non-hydrogen) atoms. The number of carbonyl (C=O) groups excluding carboxylic acids is 1. The Morgan fingerprint density at radius 2 is 2.24 bits per heavy atom. The summed E-state index contributed by atoms with van der Waals surface area (Å²) in [6, 6.07) is 0.441. The van der Waals surface area contributed by atoms with E-state index in [1.807, 2.05) is 6.92 Å². The van der Waals surface area contributed by atoms with Gasteiger partial charge in [-0.25, -0.2) is 4.98 Å². The van der Waals surface area contributed by atoms with Crippen molar-refractivity contribution in [3.8, 4) is 0 Å². The van der Waals surface area contributed by atoms with E-state index in [1.54, 1.807) is 11.3 Å². The Labute approximate surface area is 130 Å². The summed E-state index contributed by atoms with van der Waals surface area (Å²) in [5, 5.41) is 10.0. The molecular weight excluding hydrogens is 282 g/mol. The lowest BCUT2D eigenvalue weighted by atomic mass is 9.90. The molecule has 2 fully saturated rings. The van der Waals surface area contributed by atoms with Crippen molar-refractivity contribution in [3.05, 3.63) is 16.1 Å². The molecule has 116 valence electrons. The normalized spacial score (nSPS) is 28.5. The number of amides is 1. The van der Waals surface area contributed by atoms with Crippen LogP contribution in [0.2, 0.25) is 0 Å². The molecule has 0 bridgehead atoms. The second-order valence-corrected chi connectivity index (χ2v) is 7.51. The molecule has 1 aliphatic heterocycles. The first-order chi connectivity index (χ1) is 10.1. The van der Waals surface area contributed by atoms with Gasteiger partial charge >= 0.3 is 0 Å². The van der Waals surface area contributed by atoms with Crippen LogP contribution in [0.5, 0.6) is 0 Å². The summed E-state index contributed by atoms with van der Waals surface area (Å²) in [4.78, 5) is 17.4. The third-order valence-electron chi connectivity index (χ3n) is 4.84. The number of aromatic nitrogens is 1. The number of piperidine rings is 1. The molecule has 1 saturated carbocycles. The van der Waals surface area contributed by atoms with Crippen LogP contribution in [-0.2, 0) is 10.3 Å². The lowest BCUT2D eigenvalue weighted by molar-refractivity contribution is -0.128. The van der Waals surface area contributed by atoms with Gasteiger partial charge in [0.15, 0.2) is 0 Å². The molecule has 0 spiro atoms. The van der Waals surface area contributed by atoms with E-state index in [-0.39, 0.29) is 17.4 Å². The zero-order valence-corrected chi connectivity index (χ0v) is 13.8. The van der Waals surface area contributed by atoms with Crippen LogP contribution in [-0.4, -0.2) is 23.5 Å². The third-order valence-corrected chi connectivity index (χ3v) is 6.01. The molecule has 2 heterocycles. The van der Waals surface area contributed by atoms with Gasteiger partial charge in [0, 0.05) is 23.0 Å². The average Bonchev–Trinajstić information content (AvgIpc) is 3.09. The van der Waals surface area contributed by atoms with Gasteiger partial charge in [-0.3, -0.25) is 4.79 Å². The number of thiazole rings is 1. The highest BCUT2D eigenvalue weighted by Gasteiger charge is 2.41. The number of nitrogens with one attached hydrogen (secondary N) is 2. The summed E-state index contributed by atoms with van der Waals surface area (Å²) in [7, 11) is 0. The number of aryl methyl sites for hydroxylation is 1. The van der Waals surface area contributed by atoms with Crippen LogP contribution >= 0.6 is 11.3 Å². The fourth-order valence-electron chi connectivity index (χ4n) is 3.65. The minimum absolute atomic E-state index is 0.153. The molecule has 1 amide bonds. The molecule has 2 atom stereocenters. The molecule has 2 N–H and O–H groups in total. The van der Waals surface area contributed by atoms with Crippen molar-refractivity contribution in [1.29, 1.82) is 0 Å². The van der Waals surface area contributed by atoms with Gasteiger partial charge in [-0.2, -0.15) is 0 Å². The van der Waals surface area contributed by atoms with Gasteiger partial charge in [0.2, 0.25) is 5.91 Å². The first-order valence-electron chi connectivity index (χ1n) is 8.07. The van der Waals surface area contributed by atoms with Gasteiger partial charge in [0.25, 0.3) is 0 Å². The lowest BCUT2D eigenvalue weighted by Gasteiger charge is -2.33. The Morgan fingerprint density at radius 1 is 1.48 bits per heavy atom. The Bertz CT molecular complexity index is 507. The third kappa shape index (κ3) is 3.14. The predicted molar refractivity (Wildman–Crippen MR) is 85.3 cm³/mol. The molecule has 1 aliphatic carbocycles. The molecule has 0 radical (unpaired) electrons. The van der Waals surface area contributed by atoms with E-state index in [4.69, 9.17) is 0 Å². The van der Waals surface area contributed by atoms with Gasteiger partial charge in [-0.05, 0) is 46.1 Å². The maximum Gasteiger partial charge on any atom is 0.223 e. The Hall–Kier alpha value is -0.940. The summed E-state index contributed by atoms with van der Waals surface area (Å²) in [6.07, 6.45) is 6.32. The highest BCUT2D eigenvalue weighted by Crippen LogP contribution is 2.40. The van der Waals surface area contributed by atoms with Crippen molar-refractivity contribution >= 4 is 17.2 Å². The van der Waals surface area contributed by atoms with Crippen LogP contribution in [0.25, 0.3) is 0 Å². The van der Waals surface area contributed by atoms with E-state index in [1.165, 1.54) is 12.8 Å². The van der Waals surface area contributed by atoms with E-state index < -0.39 is 0 Å². The summed E-state index contributed by atoms with van der Waals surface area (Å²) < 4.78 is 0. The molecule has 0 unspecified atom stereocenters. The van der Waals surface area contributed by atoms with Crippen molar-refractivity contribution in [2.75, 3.05) is 6.54 Å². The molecule has 1 aromatic rings. The van der Waals surface area contributed by atoms with Crippen molar-refractivity contribution in [2.24, 2.45) is 5.92 Å². The second kappa shape index (κ2) is 6.05. The minimum Gasteiger partial charge on any atom is -0.344 e. The van der Waals surface area contributed by atoms with Gasteiger partial charge in [0.1, 0.15) is 5.01 Å². The van der Waals surface area contributed by atoms with Crippen molar-refractivity contribution in [3.63, 3.8) is 0 Å². The van der Waals surface area contributed by atoms with Gasteiger partial charge in [-0.1, -0.05) is 12.8 Å². The minimum atomic E-state index is -0.190. The number of hydrogen-bond acceptors (Lipinski definition) is 4. The molecule has 1 saturated heterocycles. The first-order valence-corrected chi connectivity index (χ1v) is 8.95. The van der Waals surface area contributed by atoms with Gasteiger partial charge in [0.05, 0.1) is 5.54 Å². The number of nitrogens with zero attached hydrogens (tertiary/aromatic N) is 1. The monoisotopic (exact) mass is 307 g/mol. The van der Waals surface area contributed by atoms with E-state index >= 15 is 0 Å². The Kier molecular flexibility index (Phi) is 4.31. The van der Waals surface area contributed by atoms with Crippen molar-refractivity contribution < 1.29 is 4.79 Å². The topological polar surface area (TPSA) is 54.0 Å². The smallest absolute Gasteiger partial charge is 0.223 e. The summed E-state index contributed by atoms with van der Waals surface area (Å²) in [6.45, 7) is 5.14. The fraction of sp³-hybridized carbons (Fsp3) is 0.750. The fourth-order valence-corrected chi connectivity index (χ4v) is 4.66. The van der Waals surface area contributed by atoms with E-state index in [0.29, 0.717) is 6.04 Å². The molecule has 2 aliphatic rings. The van der Waals surface area contributed by atoms with Crippen molar-refractivity contribution in [2.45, 2.75) is 64.0 Å². The average molecular weight is 307 g/mol. The van der Waals surface area contributed by atoms with Crippen molar-refractivity contribution in [1.82, 2.24) is 15.6 Å². The molecule has 5 heteroatoms. The number of carbonyl (C=O) groups is 1. The summed E-state index contributed by atoms with van der Waals surface area (Å²) >= 11 is 1.70. The highest BCUT2D eigenvalue weighted by atomic mass is 32.1. The van der Waals surface area contributed by atoms with Crippen LogP contribution in [0.4, 0.5) is 0 Å². The standard InChI is InChI=1S/C16H25N3OS/c1-11-9-13(5-8-17-11)14(20)19-16(6-3-4-7-16)15-18-12(2)10-21-15/h10-11,13,17H,3-9H2,1-2H3,(H,19,20)/t11-,13-/m0/s1. The molecule has 4 nitrogen and oxygen atoms in total. The summed E-state index contributed by atoms with van der Waals surface area (Å²) in [5.74, 6) is 0.387. The van der Waals surface area contributed by atoms with Crippen LogP contribution in [0.15, 0.2) is 5.38 Å². The Morgan fingerprint density at radius 3 is 2.86 bits per heavy atom. The van der Waals surface area contributed by atoms with E-state index in [2.05, 4.69) is 27.9 Å². The van der Waals surface area contributed by atoms with Crippen LogP contribution in [0.1, 0.15) is 56.2 Å². The first kappa shape index (κ1) is 15.0. The van der Waals surface area contributed by atoms with E-state index in [9.17, 15) is 4.79 Å². The van der Waals surface area contributed by atoms with Crippen LogP contribution in [0.3, 0.4) is 0 Å². The highest BCUT2D eigenvalue weighted by molar-refractivity contribution is 7.09. The van der Waals surface area contributed by atoms with Gasteiger partial charge in [-0.15, -0.1) is 11.3 Å². The zero-order chi connectivity index (χ0) is 14.9.